The molecule has 0 amide bonds. The lowest BCUT2D eigenvalue weighted by molar-refractivity contribution is -0.138. The van der Waals surface area contributed by atoms with Crippen molar-refractivity contribution in [3.8, 4) is 11.4 Å². The number of nitrogens with zero attached hydrogens (tertiary/aromatic N) is 3. The summed E-state index contributed by atoms with van der Waals surface area (Å²) < 4.78 is 15.9. The third-order valence-corrected chi connectivity index (χ3v) is 2.96. The van der Waals surface area contributed by atoms with Crippen molar-refractivity contribution in [3.05, 3.63) is 42.6 Å². The van der Waals surface area contributed by atoms with Crippen LogP contribution in [0.4, 0.5) is 5.69 Å². The summed E-state index contributed by atoms with van der Waals surface area (Å²) in [6, 6.07) is 5.08. The van der Waals surface area contributed by atoms with Crippen LogP contribution < -0.4 is 10.1 Å². The number of benzene rings is 1. The first-order chi connectivity index (χ1) is 11.6. The van der Waals surface area contributed by atoms with Crippen molar-refractivity contribution in [2.45, 2.75) is 0 Å². The van der Waals surface area contributed by atoms with Gasteiger partial charge in [0.15, 0.2) is 0 Å². The van der Waals surface area contributed by atoms with Gasteiger partial charge < -0.3 is 19.5 Å². The highest BCUT2D eigenvalue weighted by atomic mass is 16.5. The van der Waals surface area contributed by atoms with Crippen molar-refractivity contribution in [1.82, 2.24) is 14.8 Å². The van der Waals surface area contributed by atoms with E-state index in [2.05, 4.69) is 24.9 Å². The maximum atomic E-state index is 11.8. The molecule has 0 aliphatic rings. The summed E-state index contributed by atoms with van der Waals surface area (Å²) in [5.41, 5.74) is 1.05. The molecular formula is C15H16N4O5. The summed E-state index contributed by atoms with van der Waals surface area (Å²) in [7, 11) is 3.93. The summed E-state index contributed by atoms with van der Waals surface area (Å²) in [6.45, 7) is 0. The number of methoxy groups -OCH3 is 3. The van der Waals surface area contributed by atoms with Crippen molar-refractivity contribution < 1.29 is 23.8 Å². The first kappa shape index (κ1) is 17.0. The summed E-state index contributed by atoms with van der Waals surface area (Å²) >= 11 is 0. The van der Waals surface area contributed by atoms with Crippen LogP contribution in [-0.4, -0.2) is 48.0 Å². The highest BCUT2D eigenvalue weighted by Gasteiger charge is 2.14. The van der Waals surface area contributed by atoms with Gasteiger partial charge in [0.25, 0.3) is 0 Å². The zero-order chi connectivity index (χ0) is 17.5. The molecule has 9 heteroatoms. The first-order valence-electron chi connectivity index (χ1n) is 6.76. The van der Waals surface area contributed by atoms with Crippen molar-refractivity contribution >= 4 is 17.6 Å². The van der Waals surface area contributed by atoms with Gasteiger partial charge in [-0.1, -0.05) is 0 Å². The van der Waals surface area contributed by atoms with E-state index in [9.17, 15) is 9.59 Å². The van der Waals surface area contributed by atoms with E-state index >= 15 is 0 Å². The fourth-order valence-corrected chi connectivity index (χ4v) is 1.84. The fraction of sp³-hybridized carbons (Fsp3) is 0.200. The van der Waals surface area contributed by atoms with Gasteiger partial charge in [-0.05, 0) is 6.07 Å². The second-order valence-electron chi connectivity index (χ2n) is 4.46. The monoisotopic (exact) mass is 332 g/mol. The van der Waals surface area contributed by atoms with Crippen LogP contribution in [0.15, 0.2) is 42.6 Å². The summed E-state index contributed by atoms with van der Waals surface area (Å²) in [6.07, 6.45) is 3.91. The number of carbonyl (C=O) groups excluding carboxylic acids is 2. The lowest BCUT2D eigenvalue weighted by atomic mass is 10.2. The van der Waals surface area contributed by atoms with Gasteiger partial charge in [0.1, 0.15) is 24.1 Å². The Hall–Kier alpha value is -3.36. The first-order valence-corrected chi connectivity index (χ1v) is 6.76. The Balaban J connectivity index is 2.39. The van der Waals surface area contributed by atoms with E-state index in [4.69, 9.17) is 4.74 Å². The summed E-state index contributed by atoms with van der Waals surface area (Å²) in [4.78, 5) is 27.1. The molecule has 1 N–H and O–H groups in total. The second-order valence-corrected chi connectivity index (χ2v) is 4.46. The Labute approximate surface area is 137 Å². The van der Waals surface area contributed by atoms with E-state index in [0.29, 0.717) is 17.1 Å². The minimum atomic E-state index is -0.717. The minimum Gasteiger partial charge on any atom is -0.497 e. The third-order valence-electron chi connectivity index (χ3n) is 2.96. The third kappa shape index (κ3) is 4.09. The fourth-order valence-electron chi connectivity index (χ4n) is 1.84. The minimum absolute atomic E-state index is 0.0813. The van der Waals surface area contributed by atoms with E-state index in [0.717, 1.165) is 6.08 Å². The van der Waals surface area contributed by atoms with E-state index in [-0.39, 0.29) is 5.70 Å². The van der Waals surface area contributed by atoms with Gasteiger partial charge in [0.2, 0.25) is 0 Å². The number of hydrogen-bond donors (Lipinski definition) is 1. The maximum absolute atomic E-state index is 11.8. The highest BCUT2D eigenvalue weighted by molar-refractivity contribution is 5.98. The Morgan fingerprint density at radius 1 is 1.17 bits per heavy atom. The van der Waals surface area contributed by atoms with Crippen molar-refractivity contribution in [2.24, 2.45) is 0 Å². The van der Waals surface area contributed by atoms with Crippen LogP contribution in [-0.2, 0) is 19.1 Å². The van der Waals surface area contributed by atoms with Gasteiger partial charge in [0, 0.05) is 17.8 Å². The van der Waals surface area contributed by atoms with Crippen LogP contribution in [0.2, 0.25) is 0 Å². The zero-order valence-corrected chi connectivity index (χ0v) is 13.3. The van der Waals surface area contributed by atoms with Crippen molar-refractivity contribution in [2.75, 3.05) is 26.6 Å². The number of esters is 2. The summed E-state index contributed by atoms with van der Waals surface area (Å²) in [5, 5.41) is 6.85. The van der Waals surface area contributed by atoms with Crippen molar-refractivity contribution in [1.29, 1.82) is 0 Å². The average molecular weight is 332 g/mol. The van der Waals surface area contributed by atoms with Crippen LogP contribution in [0.3, 0.4) is 0 Å². The maximum Gasteiger partial charge on any atom is 0.354 e. The van der Waals surface area contributed by atoms with Crippen LogP contribution in [0.25, 0.3) is 5.69 Å². The van der Waals surface area contributed by atoms with E-state index in [1.54, 1.807) is 18.2 Å². The molecule has 9 nitrogen and oxygen atoms in total. The summed E-state index contributed by atoms with van der Waals surface area (Å²) in [5.74, 6) is -0.888. The number of nitrogens with one attached hydrogen (secondary N) is 1. The normalized spacial score (nSPS) is 10.9. The molecular weight excluding hydrogens is 316 g/mol. The number of carbonyl (C=O) groups is 2. The molecule has 0 bridgehead atoms. The Morgan fingerprint density at radius 3 is 2.54 bits per heavy atom. The quantitative estimate of drug-likeness (QED) is 0.615. The van der Waals surface area contributed by atoms with Gasteiger partial charge in [-0.25, -0.2) is 19.3 Å². The molecule has 24 heavy (non-hydrogen) atoms. The number of rotatable bonds is 6. The molecule has 0 aliphatic heterocycles. The van der Waals surface area contributed by atoms with E-state index in [1.807, 2.05) is 0 Å². The molecule has 126 valence electrons. The molecule has 0 unspecified atom stereocenters. The van der Waals surface area contributed by atoms with Crippen LogP contribution in [0.1, 0.15) is 0 Å². The van der Waals surface area contributed by atoms with Gasteiger partial charge in [-0.15, -0.1) is 0 Å². The lowest BCUT2D eigenvalue weighted by Crippen LogP contribution is -2.15. The van der Waals surface area contributed by atoms with Crippen molar-refractivity contribution in [3.63, 3.8) is 0 Å². The van der Waals surface area contributed by atoms with Gasteiger partial charge in [-0.2, -0.15) is 5.10 Å². The molecule has 1 aromatic heterocycles. The molecule has 0 fully saturated rings. The molecule has 2 rings (SSSR count). The second kappa shape index (κ2) is 7.77. The molecule has 0 aliphatic carbocycles. The SMILES string of the molecule is COC(=O)/C=C(/Nc1cc(OC)cc(-n2cncn2)c1)C(=O)OC. The standard InChI is InChI=1S/C15H16N4O5/c1-22-12-5-10(4-11(6-12)19-9-16-8-17-19)18-13(15(21)24-3)7-14(20)23-2/h4-9,18H,1-3H3/b13-7+. The van der Waals surface area contributed by atoms with Crippen LogP contribution in [0, 0.1) is 0 Å². The molecule has 0 saturated heterocycles. The average Bonchev–Trinajstić information content (AvgIpc) is 3.14. The van der Waals surface area contributed by atoms with E-state index in [1.165, 1.54) is 38.7 Å². The molecule has 0 radical (unpaired) electrons. The van der Waals surface area contributed by atoms with Gasteiger partial charge >= 0.3 is 11.9 Å². The number of hydrogen-bond acceptors (Lipinski definition) is 8. The molecule has 0 spiro atoms. The molecule has 2 aromatic rings. The number of ether oxygens (including phenoxy) is 3. The molecule has 0 saturated carbocycles. The largest absolute Gasteiger partial charge is 0.497 e. The smallest absolute Gasteiger partial charge is 0.354 e. The van der Waals surface area contributed by atoms with Crippen LogP contribution in [0.5, 0.6) is 5.75 Å². The Kier molecular flexibility index (Phi) is 5.50. The highest BCUT2D eigenvalue weighted by Crippen LogP contribution is 2.24. The van der Waals surface area contributed by atoms with E-state index < -0.39 is 11.9 Å². The van der Waals surface area contributed by atoms with Gasteiger partial charge in [0.05, 0.1) is 33.1 Å². The number of aromatic nitrogens is 3. The Morgan fingerprint density at radius 2 is 1.96 bits per heavy atom. The topological polar surface area (TPSA) is 105 Å². The molecule has 1 aromatic carbocycles. The predicted octanol–water partition coefficient (Wildman–Crippen LogP) is 0.918. The van der Waals surface area contributed by atoms with Gasteiger partial charge in [-0.3, -0.25) is 0 Å². The van der Waals surface area contributed by atoms with Crippen LogP contribution >= 0.6 is 0 Å². The zero-order valence-electron chi connectivity index (χ0n) is 13.3. The molecule has 0 atom stereocenters. The lowest BCUT2D eigenvalue weighted by Gasteiger charge is -2.12. The predicted molar refractivity (Wildman–Crippen MR) is 83.6 cm³/mol. The number of anilines is 1. The molecule has 1 heterocycles. The Bertz CT molecular complexity index is 755.